The molecule has 5 heteroatoms. The van der Waals surface area contributed by atoms with Crippen LogP contribution >= 0.6 is 0 Å². The zero-order valence-corrected chi connectivity index (χ0v) is 15.5. The predicted octanol–water partition coefficient (Wildman–Crippen LogP) is 6.36. The quantitative estimate of drug-likeness (QED) is 0.547. The lowest BCUT2D eigenvalue weighted by Crippen LogP contribution is -2.19. The van der Waals surface area contributed by atoms with Crippen molar-refractivity contribution < 1.29 is 22.3 Å². The van der Waals surface area contributed by atoms with Gasteiger partial charge in [0.15, 0.2) is 11.6 Å². The molecular formula is C21H28F4O. The fourth-order valence-corrected chi connectivity index (χ4v) is 5.02. The third-order valence-electron chi connectivity index (χ3n) is 6.26. The minimum atomic E-state index is -1.06. The van der Waals surface area contributed by atoms with Crippen molar-refractivity contribution in [2.24, 2.45) is 17.8 Å². The normalized spacial score (nSPS) is 34.4. The summed E-state index contributed by atoms with van der Waals surface area (Å²) in [4.78, 5) is 0. The van der Waals surface area contributed by atoms with Crippen LogP contribution in [0.15, 0.2) is 12.1 Å². The fraction of sp³-hybridized carbons (Fsp3) is 0.714. The lowest BCUT2D eigenvalue weighted by Gasteiger charge is -2.21. The van der Waals surface area contributed by atoms with Gasteiger partial charge >= 0.3 is 0 Å². The van der Waals surface area contributed by atoms with Crippen molar-refractivity contribution in [3.63, 3.8) is 0 Å². The number of rotatable bonds is 5. The molecule has 0 radical (unpaired) electrons. The molecule has 0 heterocycles. The van der Waals surface area contributed by atoms with Crippen LogP contribution in [0.1, 0.15) is 63.9 Å². The van der Waals surface area contributed by atoms with Gasteiger partial charge in [0.25, 0.3) is 0 Å². The molecule has 0 aliphatic heterocycles. The van der Waals surface area contributed by atoms with Crippen LogP contribution in [0.3, 0.4) is 0 Å². The van der Waals surface area contributed by atoms with E-state index in [2.05, 4.69) is 0 Å². The van der Waals surface area contributed by atoms with Gasteiger partial charge in [-0.15, -0.1) is 0 Å². The van der Waals surface area contributed by atoms with Crippen LogP contribution < -0.4 is 4.74 Å². The first kappa shape index (κ1) is 19.5. The number of alkyl halides is 2. The number of ether oxygens (including phenoxy) is 1. The summed E-state index contributed by atoms with van der Waals surface area (Å²) in [6.45, 7) is 3.95. The topological polar surface area (TPSA) is 9.23 Å². The second-order valence-corrected chi connectivity index (χ2v) is 7.86. The molecule has 26 heavy (non-hydrogen) atoms. The highest BCUT2D eigenvalue weighted by atomic mass is 19.2. The third kappa shape index (κ3) is 3.72. The molecule has 2 aliphatic carbocycles. The largest absolute Gasteiger partial charge is 0.491 e. The molecule has 1 nitrogen and oxygen atoms in total. The Balaban J connectivity index is 1.78. The average molecular weight is 372 g/mol. The summed E-state index contributed by atoms with van der Waals surface area (Å²) < 4.78 is 63.2. The van der Waals surface area contributed by atoms with Gasteiger partial charge in [-0.05, 0) is 74.3 Å². The van der Waals surface area contributed by atoms with Gasteiger partial charge in [-0.2, -0.15) is 4.39 Å². The van der Waals surface area contributed by atoms with Gasteiger partial charge in [0.1, 0.15) is 12.3 Å². The molecule has 0 aromatic heterocycles. The first-order valence-electron chi connectivity index (χ1n) is 9.85. The van der Waals surface area contributed by atoms with Crippen LogP contribution in [0.5, 0.6) is 5.75 Å². The van der Waals surface area contributed by atoms with Crippen molar-refractivity contribution in [3.8, 4) is 5.75 Å². The van der Waals surface area contributed by atoms with Crippen LogP contribution in [0, 0.1) is 29.4 Å². The highest BCUT2D eigenvalue weighted by molar-refractivity contribution is 5.34. The van der Waals surface area contributed by atoms with E-state index in [4.69, 9.17) is 4.74 Å². The SMILES string of the molecule is CCCC1CC(F)C2CC(c3ccc(OCC)c(F)c3F)CC2CC1F. The van der Waals surface area contributed by atoms with Gasteiger partial charge in [-0.3, -0.25) is 0 Å². The van der Waals surface area contributed by atoms with E-state index >= 15 is 0 Å². The molecule has 2 fully saturated rings. The van der Waals surface area contributed by atoms with E-state index in [-0.39, 0.29) is 48.0 Å². The molecule has 0 amide bonds. The van der Waals surface area contributed by atoms with Gasteiger partial charge in [0.05, 0.1) is 6.61 Å². The Hall–Kier alpha value is -1.26. The second kappa shape index (κ2) is 8.18. The molecule has 0 saturated heterocycles. The van der Waals surface area contributed by atoms with Gasteiger partial charge in [0, 0.05) is 0 Å². The van der Waals surface area contributed by atoms with E-state index in [9.17, 15) is 17.6 Å². The Bertz CT molecular complexity index is 620. The van der Waals surface area contributed by atoms with Gasteiger partial charge in [0.2, 0.25) is 5.82 Å². The van der Waals surface area contributed by atoms with Crippen molar-refractivity contribution in [2.75, 3.05) is 6.61 Å². The maximum atomic E-state index is 14.8. The van der Waals surface area contributed by atoms with Gasteiger partial charge in [-0.25, -0.2) is 13.2 Å². The number of benzene rings is 1. The van der Waals surface area contributed by atoms with Crippen molar-refractivity contribution in [1.29, 1.82) is 0 Å². The molecular weight excluding hydrogens is 344 g/mol. The van der Waals surface area contributed by atoms with E-state index in [1.807, 2.05) is 6.92 Å². The molecule has 0 bridgehead atoms. The van der Waals surface area contributed by atoms with Crippen LogP contribution in [0.25, 0.3) is 0 Å². The zero-order chi connectivity index (χ0) is 18.8. The van der Waals surface area contributed by atoms with E-state index in [1.165, 1.54) is 6.07 Å². The summed E-state index contributed by atoms with van der Waals surface area (Å²) in [5.74, 6) is -2.82. The molecule has 146 valence electrons. The first-order valence-corrected chi connectivity index (χ1v) is 9.85. The Morgan fingerprint density at radius 1 is 0.962 bits per heavy atom. The Morgan fingerprint density at radius 3 is 2.42 bits per heavy atom. The van der Waals surface area contributed by atoms with E-state index < -0.39 is 24.0 Å². The number of fused-ring (bicyclic) bond motifs is 1. The highest BCUT2D eigenvalue weighted by Gasteiger charge is 2.46. The summed E-state index contributed by atoms with van der Waals surface area (Å²) >= 11 is 0. The Morgan fingerprint density at radius 2 is 1.73 bits per heavy atom. The van der Waals surface area contributed by atoms with Gasteiger partial charge < -0.3 is 4.74 Å². The molecule has 0 N–H and O–H groups in total. The summed E-state index contributed by atoms with van der Waals surface area (Å²) in [5, 5.41) is 0. The third-order valence-corrected chi connectivity index (χ3v) is 6.26. The summed E-state index contributed by atoms with van der Waals surface area (Å²) in [5.41, 5.74) is 0.270. The average Bonchev–Trinajstić information content (AvgIpc) is 2.98. The molecule has 6 unspecified atom stereocenters. The van der Waals surface area contributed by atoms with Crippen molar-refractivity contribution >= 4 is 0 Å². The van der Waals surface area contributed by atoms with Crippen molar-refractivity contribution in [1.82, 2.24) is 0 Å². The molecule has 3 rings (SSSR count). The van der Waals surface area contributed by atoms with Crippen LogP contribution in [0.4, 0.5) is 17.6 Å². The molecule has 2 aliphatic rings. The predicted molar refractivity (Wildman–Crippen MR) is 93.9 cm³/mol. The highest BCUT2D eigenvalue weighted by Crippen LogP contribution is 2.51. The summed E-state index contributed by atoms with van der Waals surface area (Å²) in [7, 11) is 0. The summed E-state index contributed by atoms with van der Waals surface area (Å²) in [6, 6.07) is 2.98. The Kier molecular flexibility index (Phi) is 6.13. The van der Waals surface area contributed by atoms with Gasteiger partial charge in [-0.1, -0.05) is 19.4 Å². The second-order valence-electron chi connectivity index (χ2n) is 7.86. The maximum Gasteiger partial charge on any atom is 0.200 e. The minimum absolute atomic E-state index is 0.0964. The number of halogens is 4. The van der Waals surface area contributed by atoms with Crippen LogP contribution in [0.2, 0.25) is 0 Å². The minimum Gasteiger partial charge on any atom is -0.491 e. The molecule has 0 spiro atoms. The van der Waals surface area contributed by atoms with E-state index in [1.54, 1.807) is 13.0 Å². The first-order chi connectivity index (χ1) is 12.5. The standard InChI is InChI=1S/C21H28F4O/c1-3-5-12-10-18(23)16-9-13(8-14(16)11-17(12)22)15-6-7-19(26-4-2)21(25)20(15)24/h6-7,12-14,16-18H,3-5,8-11H2,1-2H3. The molecule has 2 saturated carbocycles. The van der Waals surface area contributed by atoms with Crippen molar-refractivity contribution in [2.45, 2.75) is 70.6 Å². The van der Waals surface area contributed by atoms with Crippen LogP contribution in [-0.4, -0.2) is 19.0 Å². The van der Waals surface area contributed by atoms with E-state index in [0.29, 0.717) is 25.7 Å². The lowest BCUT2D eigenvalue weighted by atomic mass is 9.89. The molecule has 1 aromatic carbocycles. The number of hydrogen-bond donors (Lipinski definition) is 0. The monoisotopic (exact) mass is 372 g/mol. The fourth-order valence-electron chi connectivity index (χ4n) is 5.02. The number of hydrogen-bond acceptors (Lipinski definition) is 1. The summed E-state index contributed by atoms with van der Waals surface area (Å²) in [6.07, 6.45) is 1.09. The maximum absolute atomic E-state index is 14.8. The van der Waals surface area contributed by atoms with E-state index in [0.717, 1.165) is 6.42 Å². The lowest BCUT2D eigenvalue weighted by molar-refractivity contribution is 0.162. The molecule has 6 atom stereocenters. The zero-order valence-electron chi connectivity index (χ0n) is 15.5. The van der Waals surface area contributed by atoms with Crippen molar-refractivity contribution in [3.05, 3.63) is 29.3 Å². The Labute approximate surface area is 153 Å². The smallest absolute Gasteiger partial charge is 0.200 e. The molecule has 1 aromatic rings. The van der Waals surface area contributed by atoms with Crippen LogP contribution in [-0.2, 0) is 0 Å².